The number of aliphatic hydroxyl groups is 1. The van der Waals surface area contributed by atoms with E-state index >= 15 is 0 Å². The maximum Gasteiger partial charge on any atom is 0.239 e. The second kappa shape index (κ2) is 7.08. The lowest BCUT2D eigenvalue weighted by atomic mass is 10.2. The van der Waals surface area contributed by atoms with Crippen molar-refractivity contribution in [2.24, 2.45) is 0 Å². The van der Waals surface area contributed by atoms with Crippen molar-refractivity contribution in [2.45, 2.75) is 19.9 Å². The van der Waals surface area contributed by atoms with Gasteiger partial charge in [0.2, 0.25) is 11.6 Å². The topological polar surface area (TPSA) is 96.7 Å². The van der Waals surface area contributed by atoms with Crippen LogP contribution in [-0.4, -0.2) is 36.1 Å². The predicted molar refractivity (Wildman–Crippen MR) is 88.4 cm³/mol. The molecule has 0 atom stereocenters. The van der Waals surface area contributed by atoms with Crippen LogP contribution in [0.4, 0.5) is 4.39 Å². The Balaban J connectivity index is 1.90. The summed E-state index contributed by atoms with van der Waals surface area (Å²) in [5.41, 5.74) is 2.26. The van der Waals surface area contributed by atoms with E-state index in [1.807, 2.05) is 13.1 Å². The molecule has 8 heteroatoms. The second-order valence-corrected chi connectivity index (χ2v) is 5.47. The fraction of sp³-hybridized carbons (Fsp3) is 0.176. The van der Waals surface area contributed by atoms with E-state index in [2.05, 4.69) is 20.6 Å². The molecule has 7 nitrogen and oxygen atoms in total. The predicted octanol–water partition coefficient (Wildman–Crippen LogP) is 2.53. The van der Waals surface area contributed by atoms with Crippen LogP contribution in [0.25, 0.3) is 5.76 Å². The Hall–Kier alpha value is -3.29. The standard InChI is InChI=1S/C17H16FN5O2/c1-2-11-7-14(15(24)8-16(25)17-19-21-22-20-17)23(9-11)10-12-3-5-13(18)6-4-12/h3-9,25H,2,10H2,1H3,(H,19,20,21,22). The molecule has 0 spiro atoms. The van der Waals surface area contributed by atoms with E-state index < -0.39 is 0 Å². The first kappa shape index (κ1) is 16.6. The summed E-state index contributed by atoms with van der Waals surface area (Å²) in [6.07, 6.45) is 3.69. The number of H-pyrrole nitrogens is 1. The number of hydrogen-bond acceptors (Lipinski definition) is 5. The average molecular weight is 341 g/mol. The van der Waals surface area contributed by atoms with Gasteiger partial charge in [-0.3, -0.25) is 4.79 Å². The Morgan fingerprint density at radius 1 is 1.32 bits per heavy atom. The minimum Gasteiger partial charge on any atom is -0.504 e. The van der Waals surface area contributed by atoms with Crippen molar-refractivity contribution in [1.82, 2.24) is 25.2 Å². The minimum atomic E-state index is -0.385. The summed E-state index contributed by atoms with van der Waals surface area (Å²) in [4.78, 5) is 12.5. The van der Waals surface area contributed by atoms with Crippen LogP contribution in [0.5, 0.6) is 0 Å². The van der Waals surface area contributed by atoms with E-state index in [1.54, 1.807) is 22.8 Å². The van der Waals surface area contributed by atoms with Crippen LogP contribution < -0.4 is 0 Å². The fourth-order valence-corrected chi connectivity index (χ4v) is 2.42. The molecule has 128 valence electrons. The molecule has 0 aliphatic rings. The van der Waals surface area contributed by atoms with Crippen molar-refractivity contribution in [3.05, 3.63) is 71.1 Å². The number of ketones is 1. The third-order valence-corrected chi connectivity index (χ3v) is 3.72. The molecular weight excluding hydrogens is 325 g/mol. The van der Waals surface area contributed by atoms with Gasteiger partial charge in [0, 0.05) is 18.8 Å². The van der Waals surface area contributed by atoms with Crippen LogP contribution in [0, 0.1) is 5.82 Å². The number of aliphatic hydroxyl groups excluding tert-OH is 1. The molecule has 0 radical (unpaired) electrons. The highest BCUT2D eigenvalue weighted by molar-refractivity contribution is 6.06. The molecule has 0 bridgehead atoms. The van der Waals surface area contributed by atoms with Gasteiger partial charge < -0.3 is 9.67 Å². The van der Waals surface area contributed by atoms with E-state index in [-0.39, 0.29) is 23.2 Å². The fourth-order valence-electron chi connectivity index (χ4n) is 2.42. The second-order valence-electron chi connectivity index (χ2n) is 5.47. The summed E-state index contributed by atoms with van der Waals surface area (Å²) < 4.78 is 14.8. The van der Waals surface area contributed by atoms with Crippen molar-refractivity contribution in [2.75, 3.05) is 0 Å². The highest BCUT2D eigenvalue weighted by Crippen LogP contribution is 2.16. The Morgan fingerprint density at radius 2 is 2.08 bits per heavy atom. The molecular formula is C17H16FN5O2. The number of carbonyl (C=O) groups excluding carboxylic acids is 1. The largest absolute Gasteiger partial charge is 0.504 e. The van der Waals surface area contributed by atoms with Crippen molar-refractivity contribution in [3.8, 4) is 0 Å². The number of nitrogens with one attached hydrogen (secondary N) is 1. The molecule has 2 N–H and O–H groups in total. The van der Waals surface area contributed by atoms with Gasteiger partial charge in [0.15, 0.2) is 5.76 Å². The molecule has 0 amide bonds. The maximum absolute atomic E-state index is 13.1. The van der Waals surface area contributed by atoms with Crippen LogP contribution in [0.15, 0.2) is 42.6 Å². The van der Waals surface area contributed by atoms with Crippen LogP contribution in [0.1, 0.15) is 34.4 Å². The van der Waals surface area contributed by atoms with Crippen molar-refractivity contribution in [3.63, 3.8) is 0 Å². The number of carbonyl (C=O) groups is 1. The van der Waals surface area contributed by atoms with Crippen LogP contribution >= 0.6 is 0 Å². The molecule has 0 saturated carbocycles. The molecule has 2 heterocycles. The van der Waals surface area contributed by atoms with Crippen molar-refractivity contribution in [1.29, 1.82) is 0 Å². The Bertz CT molecular complexity index is 898. The van der Waals surface area contributed by atoms with Gasteiger partial charge in [-0.25, -0.2) is 4.39 Å². The Morgan fingerprint density at radius 3 is 2.72 bits per heavy atom. The lowest BCUT2D eigenvalue weighted by molar-refractivity contribution is 0.103. The van der Waals surface area contributed by atoms with Crippen molar-refractivity contribution < 1.29 is 14.3 Å². The number of aromatic amines is 1. The minimum absolute atomic E-state index is 0.0549. The maximum atomic E-state index is 13.1. The van der Waals surface area contributed by atoms with E-state index in [0.717, 1.165) is 23.6 Å². The summed E-state index contributed by atoms with van der Waals surface area (Å²) in [6.45, 7) is 2.40. The molecule has 25 heavy (non-hydrogen) atoms. The number of tetrazole rings is 1. The number of rotatable bonds is 6. The Labute approximate surface area is 142 Å². The van der Waals surface area contributed by atoms with Gasteiger partial charge in [-0.1, -0.05) is 19.1 Å². The number of aromatic nitrogens is 5. The number of hydrogen-bond donors (Lipinski definition) is 2. The number of allylic oxidation sites excluding steroid dienone is 1. The molecule has 0 aliphatic carbocycles. The summed E-state index contributed by atoms with van der Waals surface area (Å²) in [5.74, 6) is -1.12. The van der Waals surface area contributed by atoms with Gasteiger partial charge in [0.1, 0.15) is 5.82 Å². The molecule has 2 aromatic heterocycles. The zero-order valence-electron chi connectivity index (χ0n) is 13.5. The van der Waals surface area contributed by atoms with E-state index in [0.29, 0.717) is 12.2 Å². The van der Waals surface area contributed by atoms with E-state index in [4.69, 9.17) is 0 Å². The zero-order valence-corrected chi connectivity index (χ0v) is 13.5. The number of aryl methyl sites for hydroxylation is 1. The summed E-state index contributed by atoms with van der Waals surface area (Å²) in [5, 5.41) is 22.7. The Kier molecular flexibility index (Phi) is 4.69. The van der Waals surface area contributed by atoms with Crippen LogP contribution in [0.3, 0.4) is 0 Å². The van der Waals surface area contributed by atoms with Gasteiger partial charge in [0.25, 0.3) is 0 Å². The monoisotopic (exact) mass is 341 g/mol. The summed E-state index contributed by atoms with van der Waals surface area (Å²) in [7, 11) is 0. The zero-order chi connectivity index (χ0) is 17.8. The van der Waals surface area contributed by atoms with Crippen LogP contribution in [-0.2, 0) is 13.0 Å². The first-order valence-corrected chi connectivity index (χ1v) is 7.69. The normalized spacial score (nSPS) is 11.7. The number of benzene rings is 1. The quantitative estimate of drug-likeness (QED) is 0.408. The molecule has 3 rings (SSSR count). The lowest BCUT2D eigenvalue weighted by Crippen LogP contribution is -2.08. The summed E-state index contributed by atoms with van der Waals surface area (Å²) in [6, 6.07) is 7.86. The molecule has 0 fully saturated rings. The van der Waals surface area contributed by atoms with Gasteiger partial charge in [-0.05, 0) is 41.0 Å². The molecule has 0 unspecified atom stereocenters. The number of nitrogens with zero attached hydrogens (tertiary/aromatic N) is 4. The smallest absolute Gasteiger partial charge is 0.239 e. The van der Waals surface area contributed by atoms with Crippen molar-refractivity contribution >= 4 is 11.5 Å². The SMILES string of the molecule is CCc1cc(C(=O)C=C(O)c2nn[nH]n2)n(Cc2ccc(F)cc2)c1. The summed E-state index contributed by atoms with van der Waals surface area (Å²) >= 11 is 0. The first-order valence-electron chi connectivity index (χ1n) is 7.69. The molecule has 0 saturated heterocycles. The van der Waals surface area contributed by atoms with Gasteiger partial charge in [0.05, 0.1) is 5.69 Å². The van der Waals surface area contributed by atoms with E-state index in [1.165, 1.54) is 12.1 Å². The first-order chi connectivity index (χ1) is 12.1. The average Bonchev–Trinajstić information content (AvgIpc) is 3.26. The van der Waals surface area contributed by atoms with Gasteiger partial charge >= 0.3 is 0 Å². The molecule has 3 aromatic rings. The van der Waals surface area contributed by atoms with Crippen LogP contribution in [0.2, 0.25) is 0 Å². The lowest BCUT2D eigenvalue weighted by Gasteiger charge is -2.07. The highest BCUT2D eigenvalue weighted by atomic mass is 19.1. The van der Waals surface area contributed by atoms with Gasteiger partial charge in [-0.2, -0.15) is 5.21 Å². The number of halogens is 1. The van der Waals surface area contributed by atoms with Gasteiger partial charge in [-0.15, -0.1) is 10.2 Å². The van der Waals surface area contributed by atoms with E-state index in [9.17, 15) is 14.3 Å². The third-order valence-electron chi connectivity index (χ3n) is 3.72. The highest BCUT2D eigenvalue weighted by Gasteiger charge is 2.15. The molecule has 1 aromatic carbocycles. The third kappa shape index (κ3) is 3.79. The molecule has 0 aliphatic heterocycles.